The average molecular weight is 227 g/mol. The maximum absolute atomic E-state index is 5.34. The van der Waals surface area contributed by atoms with E-state index in [2.05, 4.69) is 17.3 Å². The lowest BCUT2D eigenvalue weighted by Crippen LogP contribution is -2.20. The summed E-state index contributed by atoms with van der Waals surface area (Å²) in [6, 6.07) is 0. The Morgan fingerprint density at radius 3 is 2.81 bits per heavy atom. The smallest absolute Gasteiger partial charge is 0.0700 e. The molecule has 0 aliphatic heterocycles. The van der Waals surface area contributed by atoms with Gasteiger partial charge in [-0.15, -0.1) is 0 Å². The Labute approximate surface area is 96.7 Å². The van der Waals surface area contributed by atoms with Gasteiger partial charge in [0.05, 0.1) is 26.0 Å². The number of hydrogen-bond donors (Lipinski definition) is 1. The summed E-state index contributed by atoms with van der Waals surface area (Å²) in [5, 5.41) is 7.50. The van der Waals surface area contributed by atoms with Crippen LogP contribution in [0.2, 0.25) is 0 Å². The number of ether oxygens (including phenoxy) is 2. The topological polar surface area (TPSA) is 48.3 Å². The minimum absolute atomic E-state index is 0.654. The van der Waals surface area contributed by atoms with E-state index in [-0.39, 0.29) is 0 Å². The summed E-state index contributed by atoms with van der Waals surface area (Å²) >= 11 is 0. The largest absolute Gasteiger partial charge is 0.382 e. The van der Waals surface area contributed by atoms with E-state index in [0.29, 0.717) is 19.8 Å². The number of nitrogens with one attached hydrogen (secondary N) is 1. The van der Waals surface area contributed by atoms with Gasteiger partial charge >= 0.3 is 0 Å². The van der Waals surface area contributed by atoms with E-state index in [9.17, 15) is 0 Å². The van der Waals surface area contributed by atoms with Crippen LogP contribution in [-0.2, 0) is 23.1 Å². The first-order valence-electron chi connectivity index (χ1n) is 5.50. The molecule has 0 amide bonds. The van der Waals surface area contributed by atoms with Crippen LogP contribution in [0.4, 0.5) is 0 Å². The van der Waals surface area contributed by atoms with Crippen LogP contribution in [0, 0.1) is 6.92 Å². The molecule has 0 unspecified atom stereocenters. The first-order chi connectivity index (χ1) is 7.75. The molecule has 0 saturated carbocycles. The molecule has 0 aromatic carbocycles. The van der Waals surface area contributed by atoms with Gasteiger partial charge in [0.15, 0.2) is 0 Å². The van der Waals surface area contributed by atoms with Gasteiger partial charge in [0, 0.05) is 38.5 Å². The van der Waals surface area contributed by atoms with Crippen LogP contribution in [0.1, 0.15) is 11.3 Å². The monoisotopic (exact) mass is 227 g/mol. The van der Waals surface area contributed by atoms with E-state index >= 15 is 0 Å². The maximum atomic E-state index is 5.34. The molecule has 92 valence electrons. The quantitative estimate of drug-likeness (QED) is 0.656. The Hall–Kier alpha value is -0.910. The molecule has 5 heteroatoms. The zero-order valence-corrected chi connectivity index (χ0v) is 10.3. The SMILES string of the molecule is COCCOCCNCc1cnn(C)c1C. The maximum Gasteiger partial charge on any atom is 0.0700 e. The van der Waals surface area contributed by atoms with E-state index < -0.39 is 0 Å². The number of aryl methyl sites for hydroxylation is 1. The van der Waals surface area contributed by atoms with E-state index in [4.69, 9.17) is 9.47 Å². The Kier molecular flexibility index (Phi) is 6.07. The molecule has 0 aliphatic carbocycles. The minimum Gasteiger partial charge on any atom is -0.382 e. The molecule has 1 aromatic rings. The zero-order valence-electron chi connectivity index (χ0n) is 10.3. The number of rotatable bonds is 8. The molecule has 0 saturated heterocycles. The number of methoxy groups -OCH3 is 1. The fourth-order valence-electron chi connectivity index (χ4n) is 1.33. The van der Waals surface area contributed by atoms with E-state index in [1.165, 1.54) is 11.3 Å². The van der Waals surface area contributed by atoms with Crippen molar-refractivity contribution < 1.29 is 9.47 Å². The fourth-order valence-corrected chi connectivity index (χ4v) is 1.33. The summed E-state index contributed by atoms with van der Waals surface area (Å²) in [5.74, 6) is 0. The molecule has 1 aromatic heterocycles. The molecular weight excluding hydrogens is 206 g/mol. The first kappa shape index (κ1) is 13.2. The van der Waals surface area contributed by atoms with Gasteiger partial charge < -0.3 is 14.8 Å². The number of nitrogens with zero attached hydrogens (tertiary/aromatic N) is 2. The van der Waals surface area contributed by atoms with Gasteiger partial charge in [-0.1, -0.05) is 0 Å². The van der Waals surface area contributed by atoms with E-state index in [0.717, 1.165) is 13.1 Å². The Balaban J connectivity index is 2.05. The second-order valence-electron chi connectivity index (χ2n) is 3.66. The molecule has 1 rings (SSSR count). The van der Waals surface area contributed by atoms with Crippen molar-refractivity contribution in [2.24, 2.45) is 7.05 Å². The molecule has 1 N–H and O–H groups in total. The van der Waals surface area contributed by atoms with Crippen molar-refractivity contribution in [3.63, 3.8) is 0 Å². The lowest BCUT2D eigenvalue weighted by atomic mass is 10.2. The molecule has 1 heterocycles. The van der Waals surface area contributed by atoms with Gasteiger partial charge in [-0.3, -0.25) is 4.68 Å². The highest BCUT2D eigenvalue weighted by Crippen LogP contribution is 2.04. The third-order valence-corrected chi connectivity index (χ3v) is 2.51. The van der Waals surface area contributed by atoms with Crippen LogP contribution in [0.15, 0.2) is 6.20 Å². The summed E-state index contributed by atoms with van der Waals surface area (Å²) in [4.78, 5) is 0. The van der Waals surface area contributed by atoms with Crippen LogP contribution in [0.25, 0.3) is 0 Å². The Bertz CT molecular complexity index is 299. The third kappa shape index (κ3) is 4.30. The summed E-state index contributed by atoms with van der Waals surface area (Å²) < 4.78 is 12.1. The molecular formula is C11H21N3O2. The van der Waals surface area contributed by atoms with Gasteiger partial charge in [0.2, 0.25) is 0 Å². The van der Waals surface area contributed by atoms with Crippen molar-refractivity contribution in [3.05, 3.63) is 17.5 Å². The first-order valence-corrected chi connectivity index (χ1v) is 5.50. The number of hydrogen-bond acceptors (Lipinski definition) is 4. The second kappa shape index (κ2) is 7.38. The zero-order chi connectivity index (χ0) is 11.8. The van der Waals surface area contributed by atoms with E-state index in [1.807, 2.05) is 17.9 Å². The van der Waals surface area contributed by atoms with Crippen LogP contribution in [-0.4, -0.2) is 43.3 Å². The van der Waals surface area contributed by atoms with Gasteiger partial charge in [-0.2, -0.15) is 5.10 Å². The fraction of sp³-hybridized carbons (Fsp3) is 0.727. The lowest BCUT2D eigenvalue weighted by molar-refractivity contribution is 0.0719. The van der Waals surface area contributed by atoms with Crippen molar-refractivity contribution in [1.29, 1.82) is 0 Å². The molecule has 0 atom stereocenters. The van der Waals surface area contributed by atoms with Crippen molar-refractivity contribution in [2.45, 2.75) is 13.5 Å². The summed E-state index contributed by atoms with van der Waals surface area (Å²) in [6.07, 6.45) is 1.90. The molecule has 5 nitrogen and oxygen atoms in total. The molecule has 0 spiro atoms. The van der Waals surface area contributed by atoms with Crippen molar-refractivity contribution in [3.8, 4) is 0 Å². The summed E-state index contributed by atoms with van der Waals surface area (Å²) in [5.41, 5.74) is 2.44. The van der Waals surface area contributed by atoms with E-state index in [1.54, 1.807) is 7.11 Å². The van der Waals surface area contributed by atoms with Crippen LogP contribution in [0.3, 0.4) is 0 Å². The van der Waals surface area contributed by atoms with Crippen molar-refractivity contribution in [2.75, 3.05) is 33.5 Å². The van der Waals surface area contributed by atoms with Crippen molar-refractivity contribution in [1.82, 2.24) is 15.1 Å². The van der Waals surface area contributed by atoms with Crippen LogP contribution >= 0.6 is 0 Å². The highest BCUT2D eigenvalue weighted by molar-refractivity contribution is 5.15. The van der Waals surface area contributed by atoms with Crippen LogP contribution < -0.4 is 5.32 Å². The van der Waals surface area contributed by atoms with Crippen LogP contribution in [0.5, 0.6) is 0 Å². The molecule has 16 heavy (non-hydrogen) atoms. The van der Waals surface area contributed by atoms with Gasteiger partial charge in [-0.25, -0.2) is 0 Å². The van der Waals surface area contributed by atoms with Crippen molar-refractivity contribution >= 4 is 0 Å². The summed E-state index contributed by atoms with van der Waals surface area (Å²) in [6.45, 7) is 5.78. The minimum atomic E-state index is 0.654. The van der Waals surface area contributed by atoms with Gasteiger partial charge in [-0.05, 0) is 6.92 Å². The highest BCUT2D eigenvalue weighted by Gasteiger charge is 2.01. The molecule has 0 bridgehead atoms. The normalized spacial score (nSPS) is 10.9. The molecule has 0 radical (unpaired) electrons. The number of aromatic nitrogens is 2. The predicted octanol–water partition coefficient (Wildman–Crippen LogP) is 0.481. The van der Waals surface area contributed by atoms with Gasteiger partial charge in [0.1, 0.15) is 0 Å². The molecule has 0 aliphatic rings. The standard InChI is InChI=1S/C11H21N3O2/c1-10-11(9-13-14(10)2)8-12-4-5-16-7-6-15-3/h9,12H,4-8H2,1-3H3. The predicted molar refractivity (Wildman–Crippen MR) is 62.3 cm³/mol. The Morgan fingerprint density at radius 2 is 2.19 bits per heavy atom. The lowest BCUT2D eigenvalue weighted by Gasteiger charge is -2.05. The van der Waals surface area contributed by atoms with Gasteiger partial charge in [0.25, 0.3) is 0 Å². The summed E-state index contributed by atoms with van der Waals surface area (Å²) in [7, 11) is 3.62. The third-order valence-electron chi connectivity index (χ3n) is 2.51. The second-order valence-corrected chi connectivity index (χ2v) is 3.66. The molecule has 0 fully saturated rings. The average Bonchev–Trinajstić information content (AvgIpc) is 2.59. The highest BCUT2D eigenvalue weighted by atomic mass is 16.5. The Morgan fingerprint density at radius 1 is 1.38 bits per heavy atom.